The van der Waals surface area contributed by atoms with Crippen molar-refractivity contribution in [3.8, 4) is 22.5 Å². The minimum absolute atomic E-state index is 0.165. The van der Waals surface area contributed by atoms with E-state index in [-0.39, 0.29) is 17.3 Å². The largest absolute Gasteiger partial charge is 0.382 e. The van der Waals surface area contributed by atoms with Crippen LogP contribution < -0.4 is 11.1 Å². The van der Waals surface area contributed by atoms with Crippen molar-refractivity contribution in [1.82, 2.24) is 20.2 Å². The molecule has 0 unspecified atom stereocenters. The van der Waals surface area contributed by atoms with Gasteiger partial charge < -0.3 is 16.0 Å². The van der Waals surface area contributed by atoms with E-state index in [0.717, 1.165) is 23.6 Å². The average molecular weight is 429 g/mol. The highest BCUT2D eigenvalue weighted by molar-refractivity contribution is 5.97. The van der Waals surface area contributed by atoms with E-state index < -0.39 is 5.82 Å². The summed E-state index contributed by atoms with van der Waals surface area (Å²) < 4.78 is 14.9. The summed E-state index contributed by atoms with van der Waals surface area (Å²) in [6.45, 7) is 2.81. The molecule has 0 bridgehead atoms. The Hall–Kier alpha value is -3.32. The maximum absolute atomic E-state index is 14.9. The van der Waals surface area contributed by atoms with Crippen LogP contribution in [0.15, 0.2) is 42.6 Å². The van der Waals surface area contributed by atoms with E-state index in [1.54, 1.807) is 12.3 Å². The standard InChI is InChI=1S/C25H24FN5O/c1-31-12-17-10-25(17,13-31)16-4-2-14(3-5-16)21-11-29-23(27)22(30-21)19-8-15-6-7-28-24(32)18(15)9-20(19)26/h2-5,8-9,11,17H,6-7,10,12-13H2,1H3,(H2,27,29)(H,28,32)/t17-,25+/m0/s1. The first-order chi connectivity index (χ1) is 15.4. The molecule has 1 saturated heterocycles. The van der Waals surface area contributed by atoms with Crippen LogP contribution in [0.2, 0.25) is 0 Å². The Morgan fingerprint density at radius 2 is 2.03 bits per heavy atom. The van der Waals surface area contributed by atoms with Gasteiger partial charge in [0.2, 0.25) is 0 Å². The number of nitrogen functional groups attached to an aromatic ring is 1. The second-order valence-electron chi connectivity index (χ2n) is 9.32. The molecule has 3 heterocycles. The number of amides is 1. The Morgan fingerprint density at radius 3 is 2.78 bits per heavy atom. The molecule has 3 N–H and O–H groups in total. The lowest BCUT2D eigenvalue weighted by Gasteiger charge is -2.18. The van der Waals surface area contributed by atoms with Gasteiger partial charge in [-0.25, -0.2) is 14.4 Å². The van der Waals surface area contributed by atoms with E-state index in [1.807, 2.05) is 0 Å². The Balaban J connectivity index is 1.36. The number of hydrogen-bond acceptors (Lipinski definition) is 5. The van der Waals surface area contributed by atoms with Crippen molar-refractivity contribution < 1.29 is 9.18 Å². The van der Waals surface area contributed by atoms with Crippen LogP contribution in [0.1, 0.15) is 27.9 Å². The molecule has 1 aromatic heterocycles. The van der Waals surface area contributed by atoms with E-state index in [1.165, 1.54) is 24.6 Å². The number of carbonyl (C=O) groups is 1. The van der Waals surface area contributed by atoms with Gasteiger partial charge in [-0.3, -0.25) is 4.79 Å². The molecule has 1 saturated carbocycles. The van der Waals surface area contributed by atoms with Gasteiger partial charge in [0, 0.05) is 41.7 Å². The Morgan fingerprint density at radius 1 is 1.22 bits per heavy atom. The van der Waals surface area contributed by atoms with Crippen LogP contribution in [0.25, 0.3) is 22.5 Å². The number of aromatic nitrogens is 2. The summed E-state index contributed by atoms with van der Waals surface area (Å²) in [4.78, 5) is 23.4. The summed E-state index contributed by atoms with van der Waals surface area (Å²) >= 11 is 0. The van der Waals surface area contributed by atoms with Gasteiger partial charge in [0.1, 0.15) is 17.3 Å². The summed E-state index contributed by atoms with van der Waals surface area (Å²) in [5.41, 5.74) is 11.1. The fourth-order valence-electron chi connectivity index (χ4n) is 5.51. The van der Waals surface area contributed by atoms with Crippen LogP contribution in [-0.2, 0) is 11.8 Å². The number of halogens is 1. The van der Waals surface area contributed by atoms with E-state index in [0.29, 0.717) is 35.3 Å². The third-order valence-corrected chi connectivity index (χ3v) is 7.25. The summed E-state index contributed by atoms with van der Waals surface area (Å²) in [5, 5.41) is 2.74. The molecule has 7 heteroatoms. The number of nitrogens with two attached hydrogens (primary N) is 1. The quantitative estimate of drug-likeness (QED) is 0.669. The lowest BCUT2D eigenvalue weighted by molar-refractivity contribution is 0.0945. The molecule has 0 spiro atoms. The molecule has 32 heavy (non-hydrogen) atoms. The average Bonchev–Trinajstić information content (AvgIpc) is 3.36. The van der Waals surface area contributed by atoms with Crippen molar-refractivity contribution in [3.05, 3.63) is 65.1 Å². The van der Waals surface area contributed by atoms with Gasteiger partial charge in [0.05, 0.1) is 11.9 Å². The van der Waals surface area contributed by atoms with Gasteiger partial charge in [-0.1, -0.05) is 24.3 Å². The molecule has 2 aromatic carbocycles. The van der Waals surface area contributed by atoms with Gasteiger partial charge in [-0.2, -0.15) is 0 Å². The van der Waals surface area contributed by atoms with E-state index in [2.05, 4.69) is 51.5 Å². The van der Waals surface area contributed by atoms with Crippen molar-refractivity contribution in [1.29, 1.82) is 0 Å². The monoisotopic (exact) mass is 429 g/mol. The van der Waals surface area contributed by atoms with Gasteiger partial charge in [0.15, 0.2) is 0 Å². The third-order valence-electron chi connectivity index (χ3n) is 7.25. The molecule has 6 rings (SSSR count). The molecular weight excluding hydrogens is 405 g/mol. The van der Waals surface area contributed by atoms with Crippen molar-refractivity contribution in [2.24, 2.45) is 5.92 Å². The smallest absolute Gasteiger partial charge is 0.251 e. The zero-order valence-electron chi connectivity index (χ0n) is 17.9. The normalized spacial score (nSPS) is 24.1. The minimum Gasteiger partial charge on any atom is -0.382 e. The fourth-order valence-corrected chi connectivity index (χ4v) is 5.51. The number of piperidine rings is 1. The van der Waals surface area contributed by atoms with Crippen molar-refractivity contribution >= 4 is 11.7 Å². The van der Waals surface area contributed by atoms with Crippen LogP contribution in [-0.4, -0.2) is 47.5 Å². The number of nitrogens with one attached hydrogen (secondary N) is 1. The van der Waals surface area contributed by atoms with Crippen molar-refractivity contribution in [2.45, 2.75) is 18.3 Å². The van der Waals surface area contributed by atoms with Crippen molar-refractivity contribution in [3.63, 3.8) is 0 Å². The molecule has 0 radical (unpaired) electrons. The maximum atomic E-state index is 14.9. The van der Waals surface area contributed by atoms with Crippen LogP contribution in [0, 0.1) is 11.7 Å². The first-order valence-electron chi connectivity index (χ1n) is 11.0. The number of carbonyl (C=O) groups excluding carboxylic acids is 1. The molecule has 2 atom stereocenters. The van der Waals surface area contributed by atoms with Gasteiger partial charge >= 0.3 is 0 Å². The molecule has 3 aromatic rings. The molecule has 6 nitrogen and oxygen atoms in total. The molecular formula is C25H24FN5O. The fraction of sp³-hybridized carbons (Fsp3) is 0.320. The van der Waals surface area contributed by atoms with Gasteiger partial charge in [-0.05, 0) is 49.1 Å². The van der Waals surface area contributed by atoms with E-state index in [4.69, 9.17) is 5.73 Å². The Kier molecular flexibility index (Phi) is 4.14. The lowest BCUT2D eigenvalue weighted by atomic mass is 9.93. The van der Waals surface area contributed by atoms with Gasteiger partial charge in [-0.15, -0.1) is 0 Å². The van der Waals surface area contributed by atoms with Crippen molar-refractivity contribution in [2.75, 3.05) is 32.4 Å². The highest BCUT2D eigenvalue weighted by Crippen LogP contribution is 2.58. The summed E-state index contributed by atoms with van der Waals surface area (Å²) in [7, 11) is 2.18. The first-order valence-corrected chi connectivity index (χ1v) is 11.0. The van der Waals surface area contributed by atoms with E-state index >= 15 is 0 Å². The highest BCUT2D eigenvalue weighted by Gasteiger charge is 2.59. The molecule has 3 aliphatic rings. The predicted molar refractivity (Wildman–Crippen MR) is 121 cm³/mol. The van der Waals surface area contributed by atoms with Gasteiger partial charge in [0.25, 0.3) is 5.91 Å². The molecule has 2 aliphatic heterocycles. The summed E-state index contributed by atoms with van der Waals surface area (Å²) in [5.74, 6) is 0.141. The third kappa shape index (κ3) is 2.92. The molecule has 2 fully saturated rings. The van der Waals surface area contributed by atoms with Crippen LogP contribution in [0.4, 0.5) is 10.2 Å². The summed E-state index contributed by atoms with van der Waals surface area (Å²) in [6.07, 6.45) is 3.53. The number of likely N-dealkylation sites (tertiary alicyclic amines) is 1. The number of nitrogens with zero attached hydrogens (tertiary/aromatic N) is 3. The minimum atomic E-state index is -0.529. The number of fused-ring (bicyclic) bond motifs is 2. The number of hydrogen-bond donors (Lipinski definition) is 2. The number of anilines is 1. The zero-order chi connectivity index (χ0) is 22.0. The second-order valence-corrected chi connectivity index (χ2v) is 9.32. The molecule has 1 amide bonds. The highest BCUT2D eigenvalue weighted by atomic mass is 19.1. The van der Waals surface area contributed by atoms with Crippen LogP contribution >= 0.6 is 0 Å². The number of rotatable bonds is 3. The predicted octanol–water partition coefficient (Wildman–Crippen LogP) is 3.02. The van der Waals surface area contributed by atoms with Crippen LogP contribution in [0.5, 0.6) is 0 Å². The topological polar surface area (TPSA) is 84.1 Å². The number of benzene rings is 2. The van der Waals surface area contributed by atoms with E-state index in [9.17, 15) is 9.18 Å². The SMILES string of the molecule is CN1C[C@@H]2C[C@]2(c2ccc(-c3cnc(N)c(-c4cc5c(cc4F)C(=O)NCC5)n3)cc2)C1. The number of likely N-dealkylation sites (N-methyl/N-ethyl adjacent to an activating group) is 1. The van der Waals surface area contributed by atoms with Crippen LogP contribution in [0.3, 0.4) is 0 Å². The first kappa shape index (κ1) is 19.4. The summed E-state index contributed by atoms with van der Waals surface area (Å²) in [6, 6.07) is 11.4. The molecule has 1 aliphatic carbocycles. The Bertz CT molecular complexity index is 1260. The lowest BCUT2D eigenvalue weighted by Crippen LogP contribution is -2.32. The zero-order valence-corrected chi connectivity index (χ0v) is 17.9. The molecule has 162 valence electrons. The Labute approximate surface area is 185 Å². The maximum Gasteiger partial charge on any atom is 0.251 e. The second kappa shape index (κ2) is 6.84.